The van der Waals surface area contributed by atoms with Crippen molar-refractivity contribution in [2.24, 2.45) is 17.4 Å². The molecule has 0 aromatic heterocycles. The van der Waals surface area contributed by atoms with Gasteiger partial charge < -0.3 is 27.2 Å². The van der Waals surface area contributed by atoms with E-state index in [4.69, 9.17) is 11.5 Å². The van der Waals surface area contributed by atoms with Crippen molar-refractivity contribution in [2.75, 3.05) is 12.0 Å². The lowest BCUT2D eigenvalue weighted by Crippen LogP contribution is -2.54. The van der Waals surface area contributed by atoms with Crippen LogP contribution in [0.5, 0.6) is 0 Å². The van der Waals surface area contributed by atoms with Crippen molar-refractivity contribution < 1.29 is 24.3 Å². The Morgan fingerprint density at radius 3 is 2.08 bits per heavy atom. The topological polar surface area (TPSA) is 165 Å². The molecule has 0 radical (unpaired) electrons. The second-order valence-corrected chi connectivity index (χ2v) is 7.47. The minimum atomic E-state index is -1.12. The van der Waals surface area contributed by atoms with E-state index in [9.17, 15) is 24.3 Å². The number of primary amides is 1. The molecule has 0 spiro atoms. The number of hydrogen-bond donors (Lipinski definition) is 5. The molecule has 0 rings (SSSR count). The number of amides is 3. The van der Waals surface area contributed by atoms with Crippen molar-refractivity contribution >= 4 is 35.5 Å². The van der Waals surface area contributed by atoms with Gasteiger partial charge in [-0.15, -0.1) is 0 Å². The van der Waals surface area contributed by atoms with Crippen LogP contribution < -0.4 is 22.1 Å². The third kappa shape index (κ3) is 10.2. The second-order valence-electron chi connectivity index (χ2n) is 6.48. The minimum Gasteiger partial charge on any atom is -0.480 e. The van der Waals surface area contributed by atoms with Crippen LogP contribution in [0.25, 0.3) is 0 Å². The van der Waals surface area contributed by atoms with Crippen LogP contribution in [0.15, 0.2) is 0 Å². The number of thioether (sulfide) groups is 1. The van der Waals surface area contributed by atoms with Gasteiger partial charge in [-0.25, -0.2) is 4.79 Å². The summed E-state index contributed by atoms with van der Waals surface area (Å²) < 4.78 is 0. The summed E-state index contributed by atoms with van der Waals surface area (Å²) >= 11 is 1.49. The van der Waals surface area contributed by atoms with E-state index < -0.39 is 41.8 Å². The first-order chi connectivity index (χ1) is 12.1. The molecule has 0 saturated carbocycles. The number of rotatable bonds is 13. The highest BCUT2D eigenvalue weighted by Gasteiger charge is 2.28. The van der Waals surface area contributed by atoms with Gasteiger partial charge in [0, 0.05) is 6.42 Å². The summed E-state index contributed by atoms with van der Waals surface area (Å²) in [6.07, 6.45) is 2.50. The molecule has 0 heterocycles. The fourth-order valence-corrected chi connectivity index (χ4v) is 2.65. The molecule has 0 aliphatic carbocycles. The summed E-state index contributed by atoms with van der Waals surface area (Å²) in [5, 5.41) is 14.3. The fraction of sp³-hybridized carbons (Fsp3) is 0.750. The number of carbonyl (C=O) groups excluding carboxylic acids is 3. The van der Waals surface area contributed by atoms with E-state index in [0.29, 0.717) is 12.2 Å². The first-order valence-electron chi connectivity index (χ1n) is 8.44. The molecule has 0 aliphatic rings. The number of nitrogens with one attached hydrogen (secondary N) is 2. The van der Waals surface area contributed by atoms with Gasteiger partial charge in [-0.3, -0.25) is 14.4 Å². The molecule has 0 fully saturated rings. The third-order valence-electron chi connectivity index (χ3n) is 3.60. The van der Waals surface area contributed by atoms with Crippen LogP contribution in [-0.2, 0) is 19.2 Å². The fourth-order valence-electron chi connectivity index (χ4n) is 2.18. The molecule has 0 aromatic rings. The molecule has 0 aromatic carbocycles. The highest BCUT2D eigenvalue weighted by Crippen LogP contribution is 2.07. The van der Waals surface area contributed by atoms with Crippen LogP contribution in [0.4, 0.5) is 0 Å². The van der Waals surface area contributed by atoms with Crippen LogP contribution in [-0.4, -0.2) is 58.9 Å². The summed E-state index contributed by atoms with van der Waals surface area (Å²) in [7, 11) is 0. The average molecular weight is 391 g/mol. The maximum absolute atomic E-state index is 12.5. The summed E-state index contributed by atoms with van der Waals surface area (Å²) in [6, 6.07) is -2.90. The number of hydrogen-bond acceptors (Lipinski definition) is 6. The number of carboxylic acids is 1. The highest BCUT2D eigenvalue weighted by molar-refractivity contribution is 7.98. The van der Waals surface area contributed by atoms with Gasteiger partial charge in [-0.05, 0) is 37.2 Å². The SMILES string of the molecule is CSCC[C@H](NC(=O)[C@@H](N)CCC(N)=O)C(=O)N[C@@H](CC(C)C)C(=O)O. The number of carboxylic acid groups (broad SMARTS) is 1. The van der Waals surface area contributed by atoms with Gasteiger partial charge in [0.05, 0.1) is 6.04 Å². The van der Waals surface area contributed by atoms with Crippen LogP contribution in [0.2, 0.25) is 0 Å². The van der Waals surface area contributed by atoms with Crippen LogP contribution in [0, 0.1) is 5.92 Å². The number of aliphatic carboxylic acids is 1. The Bertz CT molecular complexity index is 501. The Morgan fingerprint density at radius 2 is 1.62 bits per heavy atom. The lowest BCUT2D eigenvalue weighted by Gasteiger charge is -2.23. The molecule has 150 valence electrons. The van der Waals surface area contributed by atoms with E-state index >= 15 is 0 Å². The van der Waals surface area contributed by atoms with Gasteiger partial charge in [0.25, 0.3) is 0 Å². The molecular formula is C16H30N4O5S. The quantitative estimate of drug-likeness (QED) is 0.281. The van der Waals surface area contributed by atoms with Crippen molar-refractivity contribution in [3.63, 3.8) is 0 Å². The van der Waals surface area contributed by atoms with Crippen molar-refractivity contribution in [3.05, 3.63) is 0 Å². The predicted octanol–water partition coefficient (Wildman–Crippen LogP) is -0.567. The molecule has 7 N–H and O–H groups in total. The van der Waals surface area contributed by atoms with Crippen LogP contribution in [0.1, 0.15) is 39.5 Å². The molecule has 10 heteroatoms. The van der Waals surface area contributed by atoms with E-state index in [1.807, 2.05) is 20.1 Å². The maximum atomic E-state index is 12.5. The lowest BCUT2D eigenvalue weighted by atomic mass is 10.0. The van der Waals surface area contributed by atoms with Crippen LogP contribution in [0.3, 0.4) is 0 Å². The summed E-state index contributed by atoms with van der Waals surface area (Å²) in [5.74, 6) is -2.16. The van der Waals surface area contributed by atoms with Crippen molar-refractivity contribution in [2.45, 2.75) is 57.7 Å². The largest absolute Gasteiger partial charge is 0.480 e. The smallest absolute Gasteiger partial charge is 0.326 e. The standard InChI is InChI=1S/C16H30N4O5S/c1-9(2)8-12(16(24)25)20-15(23)11(6-7-26-3)19-14(22)10(17)4-5-13(18)21/h9-12H,4-8,17H2,1-3H3,(H2,18,21)(H,19,22)(H,20,23)(H,24,25)/t10-,11-,12-/m0/s1. The summed E-state index contributed by atoms with van der Waals surface area (Å²) in [4.78, 5) is 46.7. The monoisotopic (exact) mass is 390 g/mol. The van der Waals surface area contributed by atoms with Gasteiger partial charge in [-0.2, -0.15) is 11.8 Å². The normalized spacial score (nSPS) is 14.3. The predicted molar refractivity (Wildman–Crippen MR) is 100 cm³/mol. The number of carbonyl (C=O) groups is 4. The minimum absolute atomic E-state index is 0.0360. The third-order valence-corrected chi connectivity index (χ3v) is 4.25. The van der Waals surface area contributed by atoms with E-state index in [0.717, 1.165) is 0 Å². The maximum Gasteiger partial charge on any atom is 0.326 e. The Kier molecular flexibility index (Phi) is 11.7. The molecule has 9 nitrogen and oxygen atoms in total. The zero-order chi connectivity index (χ0) is 20.3. The average Bonchev–Trinajstić information content (AvgIpc) is 2.54. The molecular weight excluding hydrogens is 360 g/mol. The molecule has 0 aliphatic heterocycles. The zero-order valence-electron chi connectivity index (χ0n) is 15.5. The van der Waals surface area contributed by atoms with E-state index in [-0.39, 0.29) is 25.2 Å². The molecule has 0 unspecified atom stereocenters. The summed E-state index contributed by atoms with van der Waals surface area (Å²) in [6.45, 7) is 3.71. The Balaban J connectivity index is 4.93. The zero-order valence-corrected chi connectivity index (χ0v) is 16.3. The molecule has 0 bridgehead atoms. The van der Waals surface area contributed by atoms with Crippen LogP contribution >= 0.6 is 11.8 Å². The molecule has 0 saturated heterocycles. The van der Waals surface area contributed by atoms with E-state index in [2.05, 4.69) is 10.6 Å². The molecule has 3 atom stereocenters. The first kappa shape index (κ1) is 24.2. The Labute approximate surface area is 158 Å². The van der Waals surface area contributed by atoms with Crippen molar-refractivity contribution in [1.82, 2.24) is 10.6 Å². The Hall–Kier alpha value is -1.81. The van der Waals surface area contributed by atoms with Gasteiger partial charge >= 0.3 is 5.97 Å². The highest BCUT2D eigenvalue weighted by atomic mass is 32.2. The Morgan fingerprint density at radius 1 is 1.04 bits per heavy atom. The van der Waals surface area contributed by atoms with Gasteiger partial charge in [-0.1, -0.05) is 13.8 Å². The van der Waals surface area contributed by atoms with E-state index in [1.54, 1.807) is 0 Å². The summed E-state index contributed by atoms with van der Waals surface area (Å²) in [5.41, 5.74) is 10.7. The van der Waals surface area contributed by atoms with Gasteiger partial charge in [0.15, 0.2) is 0 Å². The van der Waals surface area contributed by atoms with Crippen molar-refractivity contribution in [1.29, 1.82) is 0 Å². The number of nitrogens with two attached hydrogens (primary N) is 2. The van der Waals surface area contributed by atoms with Gasteiger partial charge in [0.2, 0.25) is 17.7 Å². The van der Waals surface area contributed by atoms with Crippen molar-refractivity contribution in [3.8, 4) is 0 Å². The molecule has 3 amide bonds. The van der Waals surface area contributed by atoms with Gasteiger partial charge in [0.1, 0.15) is 12.1 Å². The first-order valence-corrected chi connectivity index (χ1v) is 9.84. The lowest BCUT2D eigenvalue weighted by molar-refractivity contribution is -0.142. The molecule has 26 heavy (non-hydrogen) atoms. The second kappa shape index (κ2) is 12.5. The van der Waals surface area contributed by atoms with E-state index in [1.165, 1.54) is 11.8 Å².